The summed E-state index contributed by atoms with van der Waals surface area (Å²) in [5.41, 5.74) is 7.52. The number of nitrogens with zero attached hydrogens (tertiary/aromatic N) is 1. The summed E-state index contributed by atoms with van der Waals surface area (Å²) in [6.45, 7) is 5.73. The van der Waals surface area contributed by atoms with Crippen molar-refractivity contribution >= 4 is 29.0 Å². The van der Waals surface area contributed by atoms with E-state index in [0.717, 1.165) is 5.56 Å². The Morgan fingerprint density at radius 2 is 1.69 bits per heavy atom. The van der Waals surface area contributed by atoms with Crippen LogP contribution in [0.3, 0.4) is 0 Å². The van der Waals surface area contributed by atoms with Gasteiger partial charge in [-0.25, -0.2) is 14.2 Å². The molecular formula is C24H27N3O5. The maximum absolute atomic E-state index is 12.3. The first-order chi connectivity index (χ1) is 15.1. The molecule has 2 aromatic carbocycles. The molecule has 168 valence electrons. The normalized spacial score (nSPS) is 12.3. The summed E-state index contributed by atoms with van der Waals surface area (Å²) in [4.78, 5) is 36.6. The highest BCUT2D eigenvalue weighted by molar-refractivity contribution is 5.94. The second-order valence-electron chi connectivity index (χ2n) is 8.58. The Morgan fingerprint density at radius 1 is 1.06 bits per heavy atom. The van der Waals surface area contributed by atoms with Crippen LogP contribution in [0.15, 0.2) is 54.6 Å². The SMILES string of the molecule is CC(C)(C)c1c(CC(NC(=O)OCc2ccccc2)C(N)=O)c2ccccc2n1C(=O)O. The number of carbonyl (C=O) groups is 3. The molecule has 32 heavy (non-hydrogen) atoms. The summed E-state index contributed by atoms with van der Waals surface area (Å²) in [5.74, 6) is -0.742. The van der Waals surface area contributed by atoms with Crippen molar-refractivity contribution in [3.8, 4) is 0 Å². The number of hydrogen-bond donors (Lipinski definition) is 3. The molecule has 1 aromatic heterocycles. The fraction of sp³-hybridized carbons (Fsp3) is 0.292. The van der Waals surface area contributed by atoms with Gasteiger partial charge in [-0.15, -0.1) is 0 Å². The molecule has 0 saturated carbocycles. The summed E-state index contributed by atoms with van der Waals surface area (Å²) in [5, 5.41) is 13.1. The predicted molar refractivity (Wildman–Crippen MR) is 121 cm³/mol. The average Bonchev–Trinajstić information content (AvgIpc) is 3.07. The Bertz CT molecular complexity index is 1150. The van der Waals surface area contributed by atoms with E-state index >= 15 is 0 Å². The van der Waals surface area contributed by atoms with Gasteiger partial charge in [-0.2, -0.15) is 0 Å². The third-order valence-electron chi connectivity index (χ3n) is 5.14. The monoisotopic (exact) mass is 437 g/mol. The van der Waals surface area contributed by atoms with Gasteiger partial charge in [-0.1, -0.05) is 69.3 Å². The number of primary amides is 1. The second-order valence-corrected chi connectivity index (χ2v) is 8.58. The second kappa shape index (κ2) is 9.13. The molecule has 1 unspecified atom stereocenters. The van der Waals surface area contributed by atoms with E-state index in [-0.39, 0.29) is 13.0 Å². The number of ether oxygens (including phenoxy) is 1. The number of hydrogen-bond acceptors (Lipinski definition) is 4. The van der Waals surface area contributed by atoms with Gasteiger partial charge in [0.25, 0.3) is 0 Å². The van der Waals surface area contributed by atoms with Gasteiger partial charge in [-0.3, -0.25) is 4.79 Å². The molecule has 0 spiro atoms. The summed E-state index contributed by atoms with van der Waals surface area (Å²) in [6.07, 6.45) is -1.87. The zero-order chi connectivity index (χ0) is 23.5. The lowest BCUT2D eigenvalue weighted by Gasteiger charge is -2.24. The van der Waals surface area contributed by atoms with Crippen molar-refractivity contribution in [2.45, 2.75) is 45.3 Å². The molecular weight excluding hydrogens is 410 g/mol. The molecule has 0 aliphatic rings. The van der Waals surface area contributed by atoms with Crippen molar-refractivity contribution < 1.29 is 24.2 Å². The Morgan fingerprint density at radius 3 is 2.28 bits per heavy atom. The Labute approximate surface area is 186 Å². The van der Waals surface area contributed by atoms with Gasteiger partial charge in [0, 0.05) is 22.9 Å². The van der Waals surface area contributed by atoms with Crippen LogP contribution < -0.4 is 11.1 Å². The number of fused-ring (bicyclic) bond motifs is 1. The van der Waals surface area contributed by atoms with Crippen LogP contribution >= 0.6 is 0 Å². The van der Waals surface area contributed by atoms with Crippen molar-refractivity contribution in [1.29, 1.82) is 0 Å². The number of rotatable bonds is 6. The maximum Gasteiger partial charge on any atom is 0.416 e. The number of aromatic nitrogens is 1. The van der Waals surface area contributed by atoms with Crippen molar-refractivity contribution in [2.24, 2.45) is 5.73 Å². The molecule has 8 nitrogen and oxygen atoms in total. The molecule has 8 heteroatoms. The molecule has 0 saturated heterocycles. The van der Waals surface area contributed by atoms with Gasteiger partial charge in [0.1, 0.15) is 12.6 Å². The molecule has 2 amide bonds. The topological polar surface area (TPSA) is 124 Å². The number of para-hydroxylation sites is 1. The molecule has 0 fully saturated rings. The molecule has 1 heterocycles. The van der Waals surface area contributed by atoms with Crippen molar-refractivity contribution in [1.82, 2.24) is 9.88 Å². The van der Waals surface area contributed by atoms with E-state index in [0.29, 0.717) is 22.2 Å². The highest BCUT2D eigenvalue weighted by atomic mass is 16.5. The van der Waals surface area contributed by atoms with E-state index in [4.69, 9.17) is 10.5 Å². The van der Waals surface area contributed by atoms with Gasteiger partial charge in [-0.05, 0) is 17.2 Å². The number of benzene rings is 2. The lowest BCUT2D eigenvalue weighted by Crippen LogP contribution is -2.46. The van der Waals surface area contributed by atoms with E-state index in [9.17, 15) is 19.5 Å². The number of nitrogens with two attached hydrogens (primary N) is 1. The molecule has 0 aliphatic heterocycles. The Balaban J connectivity index is 1.92. The van der Waals surface area contributed by atoms with E-state index in [2.05, 4.69) is 5.32 Å². The number of amides is 2. The Hall–Kier alpha value is -3.81. The highest BCUT2D eigenvalue weighted by Crippen LogP contribution is 2.35. The van der Waals surface area contributed by atoms with Crippen molar-refractivity contribution in [3.05, 3.63) is 71.4 Å². The molecule has 0 radical (unpaired) electrons. The lowest BCUT2D eigenvalue weighted by molar-refractivity contribution is -0.119. The minimum atomic E-state index is -1.12. The fourth-order valence-corrected chi connectivity index (χ4v) is 3.83. The standard InChI is InChI=1S/C24H27N3O5/c1-24(2,3)20-17(16-11-7-8-12-19(16)27(20)23(30)31)13-18(21(25)28)26-22(29)32-14-15-9-5-4-6-10-15/h4-12,18H,13-14H2,1-3H3,(H2,25,28)(H,26,29)(H,30,31). The summed E-state index contributed by atoms with van der Waals surface area (Å²) in [6, 6.07) is 15.1. The van der Waals surface area contributed by atoms with Gasteiger partial charge in [0.05, 0.1) is 5.52 Å². The number of carboxylic acid groups (broad SMARTS) is 1. The van der Waals surface area contributed by atoms with Crippen LogP contribution in [0.5, 0.6) is 0 Å². The van der Waals surface area contributed by atoms with Gasteiger partial charge in [0.2, 0.25) is 5.91 Å². The molecule has 3 aromatic rings. The van der Waals surface area contributed by atoms with Gasteiger partial charge < -0.3 is 20.9 Å². The summed E-state index contributed by atoms with van der Waals surface area (Å²) in [7, 11) is 0. The first kappa shape index (κ1) is 22.9. The molecule has 4 N–H and O–H groups in total. The van der Waals surface area contributed by atoms with E-state index in [1.165, 1.54) is 4.57 Å². The highest BCUT2D eigenvalue weighted by Gasteiger charge is 2.32. The first-order valence-corrected chi connectivity index (χ1v) is 10.2. The third kappa shape index (κ3) is 4.91. The molecule has 3 rings (SSSR count). The minimum absolute atomic E-state index is 0.0309. The third-order valence-corrected chi connectivity index (χ3v) is 5.14. The van der Waals surface area contributed by atoms with Gasteiger partial charge in [0.15, 0.2) is 0 Å². The van der Waals surface area contributed by atoms with Crippen molar-refractivity contribution in [3.63, 3.8) is 0 Å². The fourth-order valence-electron chi connectivity index (χ4n) is 3.83. The maximum atomic E-state index is 12.3. The van der Waals surface area contributed by atoms with Crippen LogP contribution in [0, 0.1) is 0 Å². The zero-order valence-corrected chi connectivity index (χ0v) is 18.3. The van der Waals surface area contributed by atoms with Crippen LogP contribution in [-0.4, -0.2) is 33.8 Å². The van der Waals surface area contributed by atoms with E-state index in [1.807, 2.05) is 51.1 Å². The first-order valence-electron chi connectivity index (χ1n) is 10.2. The van der Waals surface area contributed by atoms with Crippen LogP contribution in [0.25, 0.3) is 10.9 Å². The average molecular weight is 437 g/mol. The van der Waals surface area contributed by atoms with Crippen LogP contribution in [0.4, 0.5) is 9.59 Å². The van der Waals surface area contributed by atoms with Crippen LogP contribution in [0.1, 0.15) is 37.6 Å². The Kier molecular flexibility index (Phi) is 6.53. The van der Waals surface area contributed by atoms with Gasteiger partial charge >= 0.3 is 12.2 Å². The number of carbonyl (C=O) groups excluding carboxylic acids is 2. The predicted octanol–water partition coefficient (Wildman–Crippen LogP) is 3.79. The van der Waals surface area contributed by atoms with E-state index < -0.39 is 29.6 Å². The zero-order valence-electron chi connectivity index (χ0n) is 18.3. The molecule has 0 bridgehead atoms. The number of nitrogens with one attached hydrogen (secondary N) is 1. The van der Waals surface area contributed by atoms with E-state index in [1.54, 1.807) is 24.3 Å². The number of alkyl carbamates (subject to hydrolysis) is 1. The van der Waals surface area contributed by atoms with Crippen molar-refractivity contribution in [2.75, 3.05) is 0 Å². The lowest BCUT2D eigenvalue weighted by atomic mass is 9.86. The summed E-state index contributed by atoms with van der Waals surface area (Å²) < 4.78 is 6.45. The smallest absolute Gasteiger partial charge is 0.416 e. The molecule has 1 atom stereocenters. The van der Waals surface area contributed by atoms with Crippen LogP contribution in [0.2, 0.25) is 0 Å². The minimum Gasteiger partial charge on any atom is -0.464 e. The largest absolute Gasteiger partial charge is 0.464 e. The quantitative estimate of drug-likeness (QED) is 0.541. The summed E-state index contributed by atoms with van der Waals surface area (Å²) >= 11 is 0. The molecule has 0 aliphatic carbocycles. The van der Waals surface area contributed by atoms with Crippen LogP contribution in [-0.2, 0) is 28.0 Å².